The van der Waals surface area contributed by atoms with Gasteiger partial charge in [-0.15, -0.1) is 0 Å². The maximum atomic E-state index is 14.6. The van der Waals surface area contributed by atoms with Gasteiger partial charge in [0.05, 0.1) is 0 Å². The van der Waals surface area contributed by atoms with Gasteiger partial charge >= 0.3 is 0 Å². The number of hydrogen-bond donors (Lipinski definition) is 1. The molecule has 1 N–H and O–H groups in total. The van der Waals surface area contributed by atoms with E-state index in [1.165, 1.54) is 11.6 Å². The molecule has 0 bridgehead atoms. The maximum absolute atomic E-state index is 14.6. The predicted molar refractivity (Wildman–Crippen MR) is 152 cm³/mol. The first kappa shape index (κ1) is 26.7. The van der Waals surface area contributed by atoms with Gasteiger partial charge in [0.1, 0.15) is 17.5 Å². The van der Waals surface area contributed by atoms with E-state index in [-0.39, 0.29) is 11.9 Å². The van der Waals surface area contributed by atoms with E-state index in [4.69, 9.17) is 4.99 Å². The first-order chi connectivity index (χ1) is 17.4. The van der Waals surface area contributed by atoms with Crippen LogP contribution in [-0.4, -0.2) is 5.84 Å². The average Bonchev–Trinajstić information content (AvgIpc) is 2.89. The Morgan fingerprint density at radius 3 is 2.36 bits per heavy atom. The minimum Gasteiger partial charge on any atom is -0.364 e. The summed E-state index contributed by atoms with van der Waals surface area (Å²) in [7, 11) is 0. The number of halogens is 1. The number of rotatable bonds is 10. The molecule has 0 saturated heterocycles. The molecule has 0 aliphatic heterocycles. The van der Waals surface area contributed by atoms with Gasteiger partial charge in [0.2, 0.25) is 0 Å². The molecule has 0 spiro atoms. The fraction of sp³-hybridized carbons (Fsp3) is 0.219. The van der Waals surface area contributed by atoms with E-state index in [2.05, 4.69) is 56.9 Å². The van der Waals surface area contributed by atoms with Gasteiger partial charge in [0.15, 0.2) is 0 Å². The number of nitrogens with zero attached hydrogens (tertiary/aromatic N) is 2. The highest BCUT2D eigenvalue weighted by atomic mass is 19.1. The van der Waals surface area contributed by atoms with Crippen molar-refractivity contribution in [2.24, 2.45) is 4.99 Å². The first-order valence-electron chi connectivity index (χ1n) is 12.5. The lowest BCUT2D eigenvalue weighted by Gasteiger charge is -2.24. The topological polar surface area (TPSA) is 27.6 Å². The molecule has 3 nitrogen and oxygen atoms in total. The van der Waals surface area contributed by atoms with Crippen molar-refractivity contribution in [1.82, 2.24) is 5.32 Å². The van der Waals surface area contributed by atoms with Crippen molar-refractivity contribution in [3.63, 3.8) is 0 Å². The zero-order valence-electron chi connectivity index (χ0n) is 21.7. The van der Waals surface area contributed by atoms with E-state index in [0.29, 0.717) is 11.4 Å². The molecule has 3 aromatic rings. The lowest BCUT2D eigenvalue weighted by molar-refractivity contribution is 0.624. The minimum atomic E-state index is -0.260. The fourth-order valence-electron chi connectivity index (χ4n) is 3.95. The number of para-hydroxylation sites is 1. The molecule has 0 amide bonds. The lowest BCUT2D eigenvalue weighted by Crippen LogP contribution is -2.26. The summed E-state index contributed by atoms with van der Waals surface area (Å²) < 4.78 is 14.6. The Bertz CT molecular complexity index is 1240. The summed E-state index contributed by atoms with van der Waals surface area (Å²) in [5, 5.41) is 3.58. The molecule has 0 aromatic heterocycles. The number of hydrogen-bond acceptors (Lipinski definition) is 2. The van der Waals surface area contributed by atoms with Crippen LogP contribution in [0, 0.1) is 12.7 Å². The fourth-order valence-corrected chi connectivity index (χ4v) is 3.95. The minimum absolute atomic E-state index is 0.0617. The molecule has 0 aliphatic rings. The van der Waals surface area contributed by atoms with E-state index in [1.54, 1.807) is 18.3 Å². The highest BCUT2D eigenvalue weighted by molar-refractivity contribution is 6.11. The standard InChI is InChI=1S/C32H36FN3/c1-6-8-22-31(34-26(5)27-17-10-9-11-18-27)35-32(23-25(4)28-19-13-14-20-29(28)33)36(7-2)30-21-15-12-16-24(30)3/h7,9-23,26,34H,2,6,8H2,1,3-5H3/b25-23+,31-22+,35-32+/t26-/m0/s1. The number of benzene rings is 3. The van der Waals surface area contributed by atoms with Crippen LogP contribution in [0.2, 0.25) is 0 Å². The molecule has 4 heteroatoms. The van der Waals surface area contributed by atoms with Gasteiger partial charge in [-0.25, -0.2) is 9.38 Å². The smallest absolute Gasteiger partial charge is 0.139 e. The van der Waals surface area contributed by atoms with Crippen molar-refractivity contribution in [2.45, 2.75) is 46.6 Å². The number of aliphatic imine (C=N–C) groups is 1. The maximum Gasteiger partial charge on any atom is 0.139 e. The Balaban J connectivity index is 2.12. The molecule has 0 unspecified atom stereocenters. The van der Waals surface area contributed by atoms with E-state index in [9.17, 15) is 4.39 Å². The van der Waals surface area contributed by atoms with Crippen LogP contribution in [0.3, 0.4) is 0 Å². The Morgan fingerprint density at radius 1 is 1.03 bits per heavy atom. The second-order valence-corrected chi connectivity index (χ2v) is 8.77. The highest BCUT2D eigenvalue weighted by Crippen LogP contribution is 2.24. The van der Waals surface area contributed by atoms with Crippen molar-refractivity contribution in [1.29, 1.82) is 0 Å². The summed E-state index contributed by atoms with van der Waals surface area (Å²) in [5.41, 5.74) is 4.55. The van der Waals surface area contributed by atoms with Gasteiger partial charge in [0.25, 0.3) is 0 Å². The van der Waals surface area contributed by atoms with Gasteiger partial charge in [-0.3, -0.25) is 0 Å². The quantitative estimate of drug-likeness (QED) is 0.232. The summed E-state index contributed by atoms with van der Waals surface area (Å²) in [6.45, 7) is 12.3. The molecular formula is C32H36FN3. The number of allylic oxidation sites excluding steroid dienone is 2. The predicted octanol–water partition coefficient (Wildman–Crippen LogP) is 8.58. The Hall–Kier alpha value is -3.92. The zero-order chi connectivity index (χ0) is 25.9. The zero-order valence-corrected chi connectivity index (χ0v) is 21.7. The third kappa shape index (κ3) is 7.05. The number of unbranched alkanes of at least 4 members (excludes halogenated alkanes) is 1. The Labute approximate surface area is 215 Å². The molecule has 186 valence electrons. The van der Waals surface area contributed by atoms with Crippen LogP contribution in [0.25, 0.3) is 5.57 Å². The van der Waals surface area contributed by atoms with Crippen LogP contribution in [0.1, 0.15) is 56.3 Å². The second kappa shape index (κ2) is 13.2. The van der Waals surface area contributed by atoms with Crippen molar-refractivity contribution in [2.75, 3.05) is 4.90 Å². The summed E-state index contributed by atoms with van der Waals surface area (Å²) in [6.07, 6.45) is 7.67. The molecule has 0 heterocycles. The molecule has 0 radical (unpaired) electrons. The van der Waals surface area contributed by atoms with Gasteiger partial charge < -0.3 is 10.2 Å². The van der Waals surface area contributed by atoms with Crippen LogP contribution in [0.5, 0.6) is 0 Å². The second-order valence-electron chi connectivity index (χ2n) is 8.77. The summed E-state index contributed by atoms with van der Waals surface area (Å²) in [6, 6.07) is 25.3. The van der Waals surface area contributed by atoms with E-state index >= 15 is 0 Å². The Morgan fingerprint density at radius 2 is 1.69 bits per heavy atom. The molecule has 1 atom stereocenters. The molecule has 3 aromatic carbocycles. The largest absolute Gasteiger partial charge is 0.364 e. The van der Waals surface area contributed by atoms with E-state index in [0.717, 1.165) is 35.5 Å². The number of nitrogens with one attached hydrogen (secondary N) is 1. The van der Waals surface area contributed by atoms with Crippen molar-refractivity contribution >= 4 is 17.1 Å². The van der Waals surface area contributed by atoms with Crippen molar-refractivity contribution in [3.8, 4) is 0 Å². The SMILES string of the molecule is C=CN(C(/C=C(\C)c1ccccc1F)=N/C(=C/CCC)N[C@@H](C)c1ccccc1)c1ccccc1C. The molecule has 0 aliphatic carbocycles. The van der Waals surface area contributed by atoms with Gasteiger partial charge in [-0.2, -0.15) is 0 Å². The highest BCUT2D eigenvalue weighted by Gasteiger charge is 2.15. The Kier molecular flexibility index (Phi) is 9.82. The van der Waals surface area contributed by atoms with Crippen LogP contribution in [0.15, 0.2) is 115 Å². The van der Waals surface area contributed by atoms with Gasteiger partial charge in [-0.1, -0.05) is 86.7 Å². The van der Waals surface area contributed by atoms with Gasteiger partial charge in [-0.05, 0) is 68.2 Å². The molecule has 3 rings (SSSR count). The molecule has 36 heavy (non-hydrogen) atoms. The average molecular weight is 482 g/mol. The molecular weight excluding hydrogens is 445 g/mol. The third-order valence-corrected chi connectivity index (χ3v) is 5.97. The molecule has 0 fully saturated rings. The van der Waals surface area contributed by atoms with E-state index < -0.39 is 0 Å². The van der Waals surface area contributed by atoms with Crippen LogP contribution in [0.4, 0.5) is 10.1 Å². The normalized spacial score (nSPS) is 13.3. The lowest BCUT2D eigenvalue weighted by atomic mass is 10.1. The summed E-state index contributed by atoms with van der Waals surface area (Å²) in [4.78, 5) is 7.04. The first-order valence-corrected chi connectivity index (χ1v) is 12.5. The summed E-state index contributed by atoms with van der Waals surface area (Å²) >= 11 is 0. The number of aryl methyl sites for hydroxylation is 1. The van der Waals surface area contributed by atoms with Gasteiger partial charge in [0, 0.05) is 23.5 Å². The third-order valence-electron chi connectivity index (χ3n) is 5.97. The van der Waals surface area contributed by atoms with Crippen LogP contribution < -0.4 is 10.2 Å². The monoisotopic (exact) mass is 481 g/mol. The van der Waals surface area contributed by atoms with Crippen molar-refractivity contribution in [3.05, 3.63) is 132 Å². The molecule has 0 saturated carbocycles. The van der Waals surface area contributed by atoms with E-state index in [1.807, 2.05) is 60.4 Å². The van der Waals surface area contributed by atoms with Crippen molar-refractivity contribution < 1.29 is 4.39 Å². The van der Waals surface area contributed by atoms with Crippen LogP contribution >= 0.6 is 0 Å². The number of amidine groups is 1. The summed E-state index contributed by atoms with van der Waals surface area (Å²) in [5.74, 6) is 1.15. The van der Waals surface area contributed by atoms with Crippen LogP contribution in [-0.2, 0) is 0 Å². The number of anilines is 1.